The van der Waals surface area contributed by atoms with Crippen LogP contribution in [0.4, 0.5) is 19.9 Å². The summed E-state index contributed by atoms with van der Waals surface area (Å²) in [6.45, 7) is 1.38. The molecule has 150 valence electrons. The molecule has 0 spiro atoms. The quantitative estimate of drug-likeness (QED) is 0.689. The molecular formula is C20H19F2N5OS. The first-order valence-electron chi connectivity index (χ1n) is 9.30. The van der Waals surface area contributed by atoms with Crippen LogP contribution in [0.5, 0.6) is 0 Å². The highest BCUT2D eigenvalue weighted by atomic mass is 32.1. The van der Waals surface area contributed by atoms with Crippen LogP contribution in [0.2, 0.25) is 0 Å². The summed E-state index contributed by atoms with van der Waals surface area (Å²) >= 11 is 1.33. The van der Waals surface area contributed by atoms with Crippen molar-refractivity contribution in [2.24, 2.45) is 5.92 Å². The van der Waals surface area contributed by atoms with Gasteiger partial charge < -0.3 is 10.2 Å². The largest absolute Gasteiger partial charge is 0.340 e. The molecule has 9 heteroatoms. The van der Waals surface area contributed by atoms with Gasteiger partial charge in [0.05, 0.1) is 5.92 Å². The van der Waals surface area contributed by atoms with E-state index in [0.29, 0.717) is 29.6 Å². The number of hydrogen-bond acceptors (Lipinski definition) is 6. The maximum absolute atomic E-state index is 13.4. The van der Waals surface area contributed by atoms with E-state index in [1.807, 2.05) is 4.90 Å². The van der Waals surface area contributed by atoms with E-state index >= 15 is 0 Å². The Bertz CT molecular complexity index is 998. The summed E-state index contributed by atoms with van der Waals surface area (Å²) in [5.74, 6) is -1.36. The number of carbonyl (C=O) groups is 1. The molecule has 6 nitrogen and oxygen atoms in total. The third kappa shape index (κ3) is 4.73. The zero-order valence-corrected chi connectivity index (χ0v) is 16.3. The van der Waals surface area contributed by atoms with Crippen LogP contribution in [0.1, 0.15) is 23.3 Å². The molecule has 1 aliphatic rings. The molecule has 1 atom stereocenters. The smallest absolute Gasteiger partial charge is 0.231 e. The molecule has 0 bridgehead atoms. The van der Waals surface area contributed by atoms with Gasteiger partial charge in [0, 0.05) is 43.0 Å². The van der Waals surface area contributed by atoms with Gasteiger partial charge in [-0.15, -0.1) is 11.3 Å². The van der Waals surface area contributed by atoms with Crippen molar-refractivity contribution >= 4 is 28.3 Å². The predicted molar refractivity (Wildman–Crippen MR) is 107 cm³/mol. The molecular weight excluding hydrogens is 396 g/mol. The van der Waals surface area contributed by atoms with Crippen LogP contribution in [-0.4, -0.2) is 33.9 Å². The summed E-state index contributed by atoms with van der Waals surface area (Å²) in [4.78, 5) is 28.3. The Labute approximate surface area is 170 Å². The van der Waals surface area contributed by atoms with E-state index in [9.17, 15) is 13.6 Å². The van der Waals surface area contributed by atoms with Crippen LogP contribution < -0.4 is 10.2 Å². The maximum Gasteiger partial charge on any atom is 0.231 e. The van der Waals surface area contributed by atoms with Crippen LogP contribution in [0, 0.1) is 17.6 Å². The number of anilines is 2. The number of amides is 1. The SMILES string of the molecule is O=C(Nc1ncc(Cc2ccc(F)c(F)c2)s1)[C@@H]1CCCN(c2ncccn2)C1. The lowest BCUT2D eigenvalue weighted by atomic mass is 9.97. The third-order valence-electron chi connectivity index (χ3n) is 4.77. The Morgan fingerprint density at radius 3 is 2.83 bits per heavy atom. The number of nitrogens with one attached hydrogen (secondary N) is 1. The first-order valence-corrected chi connectivity index (χ1v) is 10.1. The van der Waals surface area contributed by atoms with E-state index in [1.54, 1.807) is 30.7 Å². The number of rotatable bonds is 5. The zero-order chi connectivity index (χ0) is 20.2. The fourth-order valence-electron chi connectivity index (χ4n) is 3.33. The predicted octanol–water partition coefficient (Wildman–Crippen LogP) is 3.66. The molecule has 1 saturated heterocycles. The van der Waals surface area contributed by atoms with Gasteiger partial charge in [0.15, 0.2) is 16.8 Å². The van der Waals surface area contributed by atoms with E-state index in [1.165, 1.54) is 17.4 Å². The van der Waals surface area contributed by atoms with E-state index in [4.69, 9.17) is 0 Å². The topological polar surface area (TPSA) is 71.0 Å². The normalized spacial score (nSPS) is 16.6. The lowest BCUT2D eigenvalue weighted by Crippen LogP contribution is -2.41. The molecule has 3 heterocycles. The minimum absolute atomic E-state index is 0.0839. The third-order valence-corrected chi connectivity index (χ3v) is 5.69. The van der Waals surface area contributed by atoms with Gasteiger partial charge in [0.25, 0.3) is 0 Å². The average Bonchev–Trinajstić information content (AvgIpc) is 3.18. The summed E-state index contributed by atoms with van der Waals surface area (Å²) in [6.07, 6.45) is 7.13. The van der Waals surface area contributed by atoms with Gasteiger partial charge in [0.2, 0.25) is 11.9 Å². The van der Waals surface area contributed by atoms with Crippen molar-refractivity contribution in [2.75, 3.05) is 23.3 Å². The second-order valence-electron chi connectivity index (χ2n) is 6.88. The number of halogens is 2. The van der Waals surface area contributed by atoms with Gasteiger partial charge >= 0.3 is 0 Å². The lowest BCUT2D eigenvalue weighted by Gasteiger charge is -2.31. The molecule has 0 saturated carbocycles. The Hall–Kier alpha value is -2.94. The van der Waals surface area contributed by atoms with Crippen molar-refractivity contribution in [3.05, 3.63) is 64.9 Å². The molecule has 2 aromatic heterocycles. The fraction of sp³-hybridized carbons (Fsp3) is 0.300. The van der Waals surface area contributed by atoms with Crippen LogP contribution in [0.15, 0.2) is 42.9 Å². The molecule has 0 radical (unpaired) electrons. The number of carbonyl (C=O) groups excluding carboxylic acids is 1. The van der Waals surface area contributed by atoms with Crippen molar-refractivity contribution in [3.63, 3.8) is 0 Å². The summed E-state index contributed by atoms with van der Waals surface area (Å²) in [6, 6.07) is 5.59. The molecule has 1 amide bonds. The maximum atomic E-state index is 13.4. The standard InChI is InChI=1S/C20H19F2N5OS/c21-16-5-4-13(10-17(16)22)9-15-11-25-20(29-15)26-18(28)14-3-1-8-27(12-14)19-23-6-2-7-24-19/h2,4-7,10-11,14H,1,3,8-9,12H2,(H,25,26,28)/t14-/m1/s1. The van der Waals surface area contributed by atoms with Crippen molar-refractivity contribution in [3.8, 4) is 0 Å². The number of nitrogens with zero attached hydrogens (tertiary/aromatic N) is 4. The van der Waals surface area contributed by atoms with E-state index < -0.39 is 11.6 Å². The Morgan fingerprint density at radius 1 is 1.21 bits per heavy atom. The van der Waals surface area contributed by atoms with Gasteiger partial charge in [-0.1, -0.05) is 6.07 Å². The highest BCUT2D eigenvalue weighted by Crippen LogP contribution is 2.25. The molecule has 1 aliphatic heterocycles. The Balaban J connectivity index is 1.36. The average molecular weight is 415 g/mol. The first kappa shape index (κ1) is 19.4. The van der Waals surface area contributed by atoms with Crippen molar-refractivity contribution in [2.45, 2.75) is 19.3 Å². The minimum Gasteiger partial charge on any atom is -0.340 e. The molecule has 1 aromatic carbocycles. The monoisotopic (exact) mass is 415 g/mol. The number of piperidine rings is 1. The van der Waals surface area contributed by atoms with Gasteiger partial charge in [-0.05, 0) is 36.6 Å². The molecule has 0 aliphatic carbocycles. The van der Waals surface area contributed by atoms with Gasteiger partial charge in [-0.3, -0.25) is 4.79 Å². The lowest BCUT2D eigenvalue weighted by molar-refractivity contribution is -0.120. The zero-order valence-electron chi connectivity index (χ0n) is 15.5. The van der Waals surface area contributed by atoms with E-state index in [2.05, 4.69) is 20.3 Å². The number of hydrogen-bond donors (Lipinski definition) is 1. The highest BCUT2D eigenvalue weighted by molar-refractivity contribution is 7.15. The van der Waals surface area contributed by atoms with Crippen LogP contribution in [0.3, 0.4) is 0 Å². The van der Waals surface area contributed by atoms with Crippen LogP contribution in [-0.2, 0) is 11.2 Å². The number of benzene rings is 1. The molecule has 1 N–H and O–H groups in total. The number of aromatic nitrogens is 3. The highest BCUT2D eigenvalue weighted by Gasteiger charge is 2.27. The first-order chi connectivity index (χ1) is 14.1. The minimum atomic E-state index is -0.871. The molecule has 29 heavy (non-hydrogen) atoms. The summed E-state index contributed by atoms with van der Waals surface area (Å²) < 4.78 is 26.4. The van der Waals surface area contributed by atoms with Crippen molar-refractivity contribution in [1.29, 1.82) is 0 Å². The summed E-state index contributed by atoms with van der Waals surface area (Å²) in [5, 5.41) is 3.38. The van der Waals surface area contributed by atoms with Gasteiger partial charge in [-0.2, -0.15) is 0 Å². The second kappa shape index (κ2) is 8.60. The molecule has 1 fully saturated rings. The molecule has 4 rings (SSSR count). The molecule has 3 aromatic rings. The Kier molecular flexibility index (Phi) is 5.75. The molecule has 0 unspecified atom stereocenters. The van der Waals surface area contributed by atoms with E-state index in [0.717, 1.165) is 30.3 Å². The van der Waals surface area contributed by atoms with Crippen LogP contribution in [0.25, 0.3) is 0 Å². The summed E-state index contributed by atoms with van der Waals surface area (Å²) in [5.41, 5.74) is 0.649. The summed E-state index contributed by atoms with van der Waals surface area (Å²) in [7, 11) is 0. The van der Waals surface area contributed by atoms with Crippen LogP contribution >= 0.6 is 11.3 Å². The second-order valence-corrected chi connectivity index (χ2v) is 8.00. The Morgan fingerprint density at radius 2 is 2.03 bits per heavy atom. The van der Waals surface area contributed by atoms with Gasteiger partial charge in [0.1, 0.15) is 0 Å². The van der Waals surface area contributed by atoms with Crippen molar-refractivity contribution < 1.29 is 13.6 Å². The van der Waals surface area contributed by atoms with Gasteiger partial charge in [-0.25, -0.2) is 23.7 Å². The van der Waals surface area contributed by atoms with E-state index in [-0.39, 0.29) is 11.8 Å². The van der Waals surface area contributed by atoms with Crippen molar-refractivity contribution in [1.82, 2.24) is 15.0 Å². The fourth-order valence-corrected chi connectivity index (χ4v) is 4.18. The number of thiazole rings is 1.